The minimum atomic E-state index is -0.106. The summed E-state index contributed by atoms with van der Waals surface area (Å²) in [7, 11) is 0. The van der Waals surface area contributed by atoms with E-state index in [0.717, 1.165) is 34.2 Å². The van der Waals surface area contributed by atoms with E-state index in [-0.39, 0.29) is 11.3 Å². The van der Waals surface area contributed by atoms with E-state index in [0.29, 0.717) is 5.56 Å². The van der Waals surface area contributed by atoms with Crippen LogP contribution in [0.3, 0.4) is 0 Å². The summed E-state index contributed by atoms with van der Waals surface area (Å²) in [5.74, 6) is 2.56. The number of carbonyl (C=O) groups excluding carboxylic acids is 1. The Hall–Kier alpha value is -2.16. The molecular weight excluding hydrogens is 320 g/mol. The second kappa shape index (κ2) is 5.94. The first kappa shape index (κ1) is 16.0. The highest BCUT2D eigenvalue weighted by Crippen LogP contribution is 2.60. The largest absolute Gasteiger partial charge is 0.271 e. The number of benzene rings is 2. The first-order chi connectivity index (χ1) is 12.6. The van der Waals surface area contributed by atoms with Crippen LogP contribution in [-0.2, 0) is 0 Å². The van der Waals surface area contributed by atoms with Crippen molar-refractivity contribution in [2.45, 2.75) is 45.4 Å². The Labute approximate surface area is 154 Å². The van der Waals surface area contributed by atoms with E-state index < -0.39 is 0 Å². The molecule has 0 atom stereocenters. The van der Waals surface area contributed by atoms with E-state index in [4.69, 9.17) is 0 Å². The third kappa shape index (κ3) is 2.56. The fourth-order valence-electron chi connectivity index (χ4n) is 6.29. The number of hydrogen-bond donors (Lipinski definition) is 1. The first-order valence-electron chi connectivity index (χ1n) is 9.96. The quantitative estimate of drug-likeness (QED) is 0.605. The van der Waals surface area contributed by atoms with Crippen LogP contribution in [0.5, 0.6) is 0 Å². The van der Waals surface area contributed by atoms with E-state index in [1.165, 1.54) is 38.5 Å². The molecule has 3 nitrogen and oxygen atoms in total. The van der Waals surface area contributed by atoms with Gasteiger partial charge in [-0.25, -0.2) is 5.43 Å². The van der Waals surface area contributed by atoms with E-state index in [1.807, 2.05) is 42.5 Å². The molecule has 2 aromatic rings. The van der Waals surface area contributed by atoms with Gasteiger partial charge in [0.25, 0.3) is 5.91 Å². The fourth-order valence-corrected chi connectivity index (χ4v) is 6.29. The first-order valence-corrected chi connectivity index (χ1v) is 9.96. The van der Waals surface area contributed by atoms with Crippen molar-refractivity contribution in [3.8, 4) is 0 Å². The molecule has 4 aliphatic rings. The lowest BCUT2D eigenvalue weighted by Crippen LogP contribution is -2.49. The highest BCUT2D eigenvalue weighted by Gasteiger charge is 2.52. The SMILES string of the molecule is C/C(=N/NC(=O)c1cccc2ccccc12)C12CC3CC(CC(C3)C1)C2. The van der Waals surface area contributed by atoms with Crippen molar-refractivity contribution >= 4 is 22.4 Å². The monoisotopic (exact) mass is 346 g/mol. The number of nitrogens with one attached hydrogen (secondary N) is 1. The zero-order valence-corrected chi connectivity index (χ0v) is 15.4. The van der Waals surface area contributed by atoms with Crippen LogP contribution >= 0.6 is 0 Å². The Kier molecular flexibility index (Phi) is 3.66. The normalized spacial score (nSPS) is 32.8. The van der Waals surface area contributed by atoms with Gasteiger partial charge in [-0.05, 0) is 80.0 Å². The molecule has 1 N–H and O–H groups in total. The molecule has 3 heteroatoms. The molecule has 4 fully saturated rings. The Morgan fingerprint density at radius 2 is 1.58 bits per heavy atom. The smallest absolute Gasteiger partial charge is 0.267 e. The second-order valence-corrected chi connectivity index (χ2v) is 8.86. The molecule has 0 heterocycles. The maximum atomic E-state index is 12.8. The Balaban J connectivity index is 1.39. The number of nitrogens with zero attached hydrogens (tertiary/aromatic N) is 1. The Morgan fingerprint density at radius 1 is 0.962 bits per heavy atom. The maximum Gasteiger partial charge on any atom is 0.271 e. The number of fused-ring (bicyclic) bond motifs is 1. The van der Waals surface area contributed by atoms with Gasteiger partial charge in [0.1, 0.15) is 0 Å². The summed E-state index contributed by atoms with van der Waals surface area (Å²) >= 11 is 0. The number of amides is 1. The van der Waals surface area contributed by atoms with Gasteiger partial charge in [-0.2, -0.15) is 5.10 Å². The molecule has 0 aliphatic heterocycles. The predicted octanol–water partition coefficient (Wildman–Crippen LogP) is 5.16. The second-order valence-electron chi connectivity index (χ2n) is 8.86. The van der Waals surface area contributed by atoms with Gasteiger partial charge in [0.2, 0.25) is 0 Å². The van der Waals surface area contributed by atoms with Gasteiger partial charge < -0.3 is 0 Å². The van der Waals surface area contributed by atoms with E-state index in [9.17, 15) is 4.79 Å². The lowest BCUT2D eigenvalue weighted by molar-refractivity contribution is -0.0128. The third-order valence-electron chi connectivity index (χ3n) is 7.17. The van der Waals surface area contributed by atoms with Crippen molar-refractivity contribution in [2.75, 3.05) is 0 Å². The molecular formula is C23H26N2O. The van der Waals surface area contributed by atoms with Crippen molar-refractivity contribution in [1.29, 1.82) is 0 Å². The van der Waals surface area contributed by atoms with Crippen LogP contribution in [0, 0.1) is 23.2 Å². The summed E-state index contributed by atoms with van der Waals surface area (Å²) in [5, 5.41) is 6.68. The third-order valence-corrected chi connectivity index (χ3v) is 7.17. The van der Waals surface area contributed by atoms with Crippen LogP contribution in [0.1, 0.15) is 55.8 Å². The average Bonchev–Trinajstić information content (AvgIpc) is 2.64. The van der Waals surface area contributed by atoms with Gasteiger partial charge in [-0.3, -0.25) is 4.79 Å². The topological polar surface area (TPSA) is 41.5 Å². The van der Waals surface area contributed by atoms with Gasteiger partial charge in [0.15, 0.2) is 0 Å². The van der Waals surface area contributed by atoms with Crippen molar-refractivity contribution in [3.05, 3.63) is 48.0 Å². The van der Waals surface area contributed by atoms with Gasteiger partial charge in [-0.15, -0.1) is 0 Å². The maximum absolute atomic E-state index is 12.8. The summed E-state index contributed by atoms with van der Waals surface area (Å²) < 4.78 is 0. The number of rotatable bonds is 3. The lowest BCUT2D eigenvalue weighted by Gasteiger charge is -2.56. The van der Waals surface area contributed by atoms with Crippen molar-refractivity contribution < 1.29 is 4.79 Å². The summed E-state index contributed by atoms with van der Waals surface area (Å²) in [5.41, 5.74) is 4.96. The van der Waals surface area contributed by atoms with Crippen LogP contribution in [0.15, 0.2) is 47.6 Å². The zero-order valence-electron chi connectivity index (χ0n) is 15.4. The molecule has 26 heavy (non-hydrogen) atoms. The van der Waals surface area contributed by atoms with Crippen LogP contribution < -0.4 is 5.43 Å². The molecule has 0 spiro atoms. The van der Waals surface area contributed by atoms with Crippen LogP contribution in [0.4, 0.5) is 0 Å². The highest BCUT2D eigenvalue weighted by atomic mass is 16.2. The molecule has 0 radical (unpaired) electrons. The standard InChI is InChI=1S/C23H26N2O/c1-15(23-12-16-9-17(13-23)11-18(10-16)14-23)24-25-22(26)21-8-4-6-19-5-2-3-7-20(19)21/h2-8,16-18H,9-14H2,1H3,(H,25,26)/b24-15-. The predicted molar refractivity (Wildman–Crippen MR) is 105 cm³/mol. The summed E-state index contributed by atoms with van der Waals surface area (Å²) in [6.45, 7) is 2.14. The van der Waals surface area contributed by atoms with Crippen molar-refractivity contribution in [3.63, 3.8) is 0 Å². The van der Waals surface area contributed by atoms with Crippen molar-refractivity contribution in [2.24, 2.45) is 28.3 Å². The van der Waals surface area contributed by atoms with Gasteiger partial charge in [0, 0.05) is 16.7 Å². The lowest BCUT2D eigenvalue weighted by atomic mass is 9.48. The average molecular weight is 346 g/mol. The minimum absolute atomic E-state index is 0.106. The minimum Gasteiger partial charge on any atom is -0.267 e. The molecule has 0 unspecified atom stereocenters. The van der Waals surface area contributed by atoms with E-state index in [1.54, 1.807) is 0 Å². The van der Waals surface area contributed by atoms with Crippen LogP contribution in [-0.4, -0.2) is 11.6 Å². The summed E-state index contributed by atoms with van der Waals surface area (Å²) in [4.78, 5) is 12.8. The highest BCUT2D eigenvalue weighted by molar-refractivity contribution is 6.07. The molecule has 4 aliphatic carbocycles. The molecule has 2 aromatic carbocycles. The zero-order chi connectivity index (χ0) is 17.7. The van der Waals surface area contributed by atoms with Gasteiger partial charge >= 0.3 is 0 Å². The van der Waals surface area contributed by atoms with Crippen LogP contribution in [0.2, 0.25) is 0 Å². The number of carbonyl (C=O) groups is 1. The fraction of sp³-hybridized carbons (Fsp3) is 0.478. The Morgan fingerprint density at radius 3 is 2.27 bits per heavy atom. The van der Waals surface area contributed by atoms with Crippen LogP contribution in [0.25, 0.3) is 10.8 Å². The molecule has 0 saturated heterocycles. The molecule has 4 saturated carbocycles. The molecule has 0 aromatic heterocycles. The van der Waals surface area contributed by atoms with Crippen molar-refractivity contribution in [1.82, 2.24) is 5.43 Å². The molecule has 134 valence electrons. The Bertz CT molecular complexity index is 857. The van der Waals surface area contributed by atoms with E-state index in [2.05, 4.69) is 17.5 Å². The van der Waals surface area contributed by atoms with E-state index >= 15 is 0 Å². The van der Waals surface area contributed by atoms with Gasteiger partial charge in [-0.1, -0.05) is 36.4 Å². The summed E-state index contributed by atoms with van der Waals surface area (Å²) in [6, 6.07) is 13.9. The summed E-state index contributed by atoms with van der Waals surface area (Å²) in [6.07, 6.45) is 8.11. The number of hydrogen-bond acceptors (Lipinski definition) is 2. The molecule has 1 amide bonds. The molecule has 4 bridgehead atoms. The number of hydrazone groups is 1. The van der Waals surface area contributed by atoms with Gasteiger partial charge in [0.05, 0.1) is 0 Å². The molecule has 6 rings (SSSR count).